The van der Waals surface area contributed by atoms with Crippen molar-refractivity contribution in [1.29, 1.82) is 0 Å². The van der Waals surface area contributed by atoms with Crippen molar-refractivity contribution in [2.24, 2.45) is 0 Å². The van der Waals surface area contributed by atoms with E-state index in [2.05, 4.69) is 15.9 Å². The number of hydrogen-bond donors (Lipinski definition) is 1. The average molecular weight is 313 g/mol. The molecule has 0 saturated carbocycles. The second kappa shape index (κ2) is 5.59. The van der Waals surface area contributed by atoms with Crippen LogP contribution in [0.3, 0.4) is 0 Å². The van der Waals surface area contributed by atoms with Crippen molar-refractivity contribution in [3.8, 4) is 0 Å². The molecule has 0 fully saturated rings. The van der Waals surface area contributed by atoms with Crippen molar-refractivity contribution in [2.45, 2.75) is 12.5 Å². The molecule has 0 aromatic heterocycles. The standard InChI is InChI=1S/C14H11BrF2O/c15-10-6-4-9(5-7-10)8-13(18)14-11(16)2-1-3-12(14)17/h1-7,13,18H,8H2. The van der Waals surface area contributed by atoms with E-state index < -0.39 is 17.7 Å². The second-order valence-corrected chi connectivity index (χ2v) is 4.90. The van der Waals surface area contributed by atoms with Crippen LogP contribution >= 0.6 is 15.9 Å². The summed E-state index contributed by atoms with van der Waals surface area (Å²) in [5, 5.41) is 9.91. The van der Waals surface area contributed by atoms with Gasteiger partial charge in [-0.15, -0.1) is 0 Å². The quantitative estimate of drug-likeness (QED) is 0.908. The Balaban J connectivity index is 2.22. The third-order valence-corrected chi connectivity index (χ3v) is 3.20. The molecular weight excluding hydrogens is 302 g/mol. The van der Waals surface area contributed by atoms with Crippen LogP contribution in [-0.4, -0.2) is 5.11 Å². The lowest BCUT2D eigenvalue weighted by Crippen LogP contribution is -2.07. The molecule has 1 N–H and O–H groups in total. The Morgan fingerprint density at radius 2 is 1.56 bits per heavy atom. The summed E-state index contributed by atoms with van der Waals surface area (Å²) in [7, 11) is 0. The fourth-order valence-corrected chi connectivity index (χ4v) is 2.04. The first-order chi connectivity index (χ1) is 8.58. The highest BCUT2D eigenvalue weighted by atomic mass is 79.9. The Morgan fingerprint density at radius 3 is 2.11 bits per heavy atom. The van der Waals surface area contributed by atoms with Gasteiger partial charge in [-0.2, -0.15) is 0 Å². The van der Waals surface area contributed by atoms with Crippen LogP contribution in [0.25, 0.3) is 0 Å². The van der Waals surface area contributed by atoms with E-state index in [-0.39, 0.29) is 12.0 Å². The summed E-state index contributed by atoms with van der Waals surface area (Å²) < 4.78 is 27.8. The average Bonchev–Trinajstić information content (AvgIpc) is 2.32. The summed E-state index contributed by atoms with van der Waals surface area (Å²) in [6.45, 7) is 0. The highest BCUT2D eigenvalue weighted by Crippen LogP contribution is 2.24. The van der Waals surface area contributed by atoms with Crippen molar-refractivity contribution < 1.29 is 13.9 Å². The van der Waals surface area contributed by atoms with Gasteiger partial charge < -0.3 is 5.11 Å². The van der Waals surface area contributed by atoms with Gasteiger partial charge in [0, 0.05) is 10.9 Å². The molecule has 0 bridgehead atoms. The van der Waals surface area contributed by atoms with Crippen LogP contribution in [0, 0.1) is 11.6 Å². The van der Waals surface area contributed by atoms with Gasteiger partial charge in [0.1, 0.15) is 11.6 Å². The van der Waals surface area contributed by atoms with E-state index in [0.717, 1.165) is 22.2 Å². The van der Waals surface area contributed by atoms with Crippen LogP contribution in [-0.2, 0) is 6.42 Å². The van der Waals surface area contributed by atoms with Crippen molar-refractivity contribution in [1.82, 2.24) is 0 Å². The molecule has 94 valence electrons. The Kier molecular flexibility index (Phi) is 4.09. The van der Waals surface area contributed by atoms with E-state index in [1.54, 1.807) is 12.1 Å². The normalized spacial score (nSPS) is 12.4. The summed E-state index contributed by atoms with van der Waals surface area (Å²) in [6.07, 6.45) is -1.02. The van der Waals surface area contributed by atoms with Crippen LogP contribution < -0.4 is 0 Å². The molecule has 0 spiro atoms. The second-order valence-electron chi connectivity index (χ2n) is 3.98. The van der Waals surface area contributed by atoms with Crippen LogP contribution in [0.1, 0.15) is 17.2 Å². The van der Waals surface area contributed by atoms with Gasteiger partial charge in [-0.1, -0.05) is 34.1 Å². The van der Waals surface area contributed by atoms with Crippen molar-refractivity contribution in [3.05, 3.63) is 69.7 Å². The lowest BCUT2D eigenvalue weighted by Gasteiger charge is -2.13. The van der Waals surface area contributed by atoms with Gasteiger partial charge in [0.15, 0.2) is 0 Å². The SMILES string of the molecule is OC(Cc1ccc(Br)cc1)c1c(F)cccc1F. The van der Waals surface area contributed by atoms with Gasteiger partial charge >= 0.3 is 0 Å². The van der Waals surface area contributed by atoms with E-state index in [9.17, 15) is 13.9 Å². The van der Waals surface area contributed by atoms with Crippen LogP contribution in [0.5, 0.6) is 0 Å². The molecule has 0 aliphatic rings. The maximum atomic E-state index is 13.5. The number of hydrogen-bond acceptors (Lipinski definition) is 1. The molecule has 0 aliphatic heterocycles. The summed E-state index contributed by atoms with van der Waals surface area (Å²) in [5.74, 6) is -1.45. The fraction of sp³-hybridized carbons (Fsp3) is 0.143. The lowest BCUT2D eigenvalue weighted by atomic mass is 10.0. The number of aliphatic hydroxyl groups excluding tert-OH is 1. The Hall–Kier alpha value is -1.26. The van der Waals surface area contributed by atoms with Gasteiger partial charge in [-0.3, -0.25) is 0 Å². The zero-order chi connectivity index (χ0) is 13.1. The number of aliphatic hydroxyl groups is 1. The predicted octanol–water partition coefficient (Wildman–Crippen LogP) is 4.00. The minimum Gasteiger partial charge on any atom is -0.388 e. The third-order valence-electron chi connectivity index (χ3n) is 2.68. The predicted molar refractivity (Wildman–Crippen MR) is 69.2 cm³/mol. The first-order valence-electron chi connectivity index (χ1n) is 5.44. The highest BCUT2D eigenvalue weighted by Gasteiger charge is 2.17. The van der Waals surface area contributed by atoms with Crippen molar-refractivity contribution >= 4 is 15.9 Å². The molecule has 4 heteroatoms. The van der Waals surface area contributed by atoms with E-state index in [1.165, 1.54) is 6.07 Å². The maximum Gasteiger partial charge on any atom is 0.131 e. The monoisotopic (exact) mass is 312 g/mol. The highest BCUT2D eigenvalue weighted by molar-refractivity contribution is 9.10. The van der Waals surface area contributed by atoms with Gasteiger partial charge in [0.2, 0.25) is 0 Å². The lowest BCUT2D eigenvalue weighted by molar-refractivity contribution is 0.168. The number of benzene rings is 2. The third kappa shape index (κ3) is 2.94. The minimum atomic E-state index is -1.19. The molecule has 0 heterocycles. The summed E-state index contributed by atoms with van der Waals surface area (Å²) >= 11 is 3.30. The molecule has 1 unspecified atom stereocenters. The Morgan fingerprint density at radius 1 is 1.00 bits per heavy atom. The van der Waals surface area contributed by atoms with E-state index in [0.29, 0.717) is 0 Å². The molecule has 2 rings (SSSR count). The zero-order valence-corrected chi connectivity index (χ0v) is 11.0. The molecular formula is C14H11BrF2O. The molecule has 0 amide bonds. The summed E-state index contributed by atoms with van der Waals surface area (Å²) in [5.41, 5.74) is 0.536. The van der Waals surface area contributed by atoms with Crippen molar-refractivity contribution in [2.75, 3.05) is 0 Å². The van der Waals surface area contributed by atoms with Gasteiger partial charge in [-0.25, -0.2) is 8.78 Å². The first-order valence-corrected chi connectivity index (χ1v) is 6.23. The molecule has 2 aromatic carbocycles. The Labute approximate surface area is 112 Å². The maximum absolute atomic E-state index is 13.5. The largest absolute Gasteiger partial charge is 0.388 e. The minimum absolute atomic E-state index is 0.172. The molecule has 0 saturated heterocycles. The topological polar surface area (TPSA) is 20.2 Å². The number of rotatable bonds is 3. The molecule has 1 atom stereocenters. The van der Waals surface area contributed by atoms with Crippen molar-refractivity contribution in [3.63, 3.8) is 0 Å². The molecule has 0 aliphatic carbocycles. The zero-order valence-electron chi connectivity index (χ0n) is 9.41. The van der Waals surface area contributed by atoms with E-state index in [1.807, 2.05) is 12.1 Å². The molecule has 0 radical (unpaired) electrons. The van der Waals surface area contributed by atoms with Gasteiger partial charge in [0.25, 0.3) is 0 Å². The van der Waals surface area contributed by atoms with Crippen LogP contribution in [0.15, 0.2) is 46.9 Å². The first kappa shape index (κ1) is 13.2. The molecule has 1 nitrogen and oxygen atoms in total. The summed E-state index contributed by atoms with van der Waals surface area (Å²) in [6, 6.07) is 10.8. The van der Waals surface area contributed by atoms with Gasteiger partial charge in [0.05, 0.1) is 11.7 Å². The van der Waals surface area contributed by atoms with Crippen LogP contribution in [0.4, 0.5) is 8.78 Å². The van der Waals surface area contributed by atoms with Gasteiger partial charge in [-0.05, 0) is 29.8 Å². The smallest absolute Gasteiger partial charge is 0.131 e. The Bertz CT molecular complexity index is 520. The molecule has 18 heavy (non-hydrogen) atoms. The number of halogens is 3. The van der Waals surface area contributed by atoms with E-state index in [4.69, 9.17) is 0 Å². The van der Waals surface area contributed by atoms with E-state index >= 15 is 0 Å². The molecule has 2 aromatic rings. The summed E-state index contributed by atoms with van der Waals surface area (Å²) in [4.78, 5) is 0. The van der Waals surface area contributed by atoms with Crippen LogP contribution in [0.2, 0.25) is 0 Å². The fourth-order valence-electron chi connectivity index (χ4n) is 1.77.